The highest BCUT2D eigenvalue weighted by atomic mass is 16.2. The van der Waals surface area contributed by atoms with Crippen LogP contribution in [0.15, 0.2) is 48.9 Å². The van der Waals surface area contributed by atoms with Gasteiger partial charge in [-0.15, -0.1) is 0 Å². The van der Waals surface area contributed by atoms with Crippen LogP contribution in [0.4, 0.5) is 11.4 Å². The van der Waals surface area contributed by atoms with Gasteiger partial charge in [-0.1, -0.05) is 0 Å². The van der Waals surface area contributed by atoms with Gasteiger partial charge in [0.2, 0.25) is 0 Å². The first-order valence-electron chi connectivity index (χ1n) is 6.21. The highest BCUT2D eigenvalue weighted by molar-refractivity contribution is 6.13. The number of fused-ring (bicyclic) bond motifs is 1. The molecule has 0 spiro atoms. The summed E-state index contributed by atoms with van der Waals surface area (Å²) in [7, 11) is 1.73. The molecule has 3 aromatic rings. The quantitative estimate of drug-likeness (QED) is 0.699. The molecule has 0 bridgehead atoms. The number of aromatic amines is 1. The number of amides is 1. The van der Waals surface area contributed by atoms with Crippen LogP contribution < -0.4 is 10.6 Å². The lowest BCUT2D eigenvalue weighted by Crippen LogP contribution is -2.26. The second-order valence-electron chi connectivity index (χ2n) is 4.58. The number of rotatable bonds is 2. The third-order valence-corrected chi connectivity index (χ3v) is 3.27. The van der Waals surface area contributed by atoms with E-state index in [0.29, 0.717) is 11.3 Å². The number of carbonyl (C=O) groups excluding carboxylic acids is 1. The third kappa shape index (κ3) is 1.99. The van der Waals surface area contributed by atoms with Gasteiger partial charge < -0.3 is 15.6 Å². The van der Waals surface area contributed by atoms with Gasteiger partial charge in [-0.3, -0.25) is 9.78 Å². The Hall–Kier alpha value is -2.82. The summed E-state index contributed by atoms with van der Waals surface area (Å²) >= 11 is 0. The SMILES string of the molecule is CN(C(=O)c1c[nH]c2cc(N)ccc12)c1cccnc1. The minimum absolute atomic E-state index is 0.0889. The van der Waals surface area contributed by atoms with Crippen LogP contribution in [0, 0.1) is 0 Å². The first-order chi connectivity index (χ1) is 9.66. The number of nitrogen functional groups attached to an aromatic ring is 1. The number of aromatic nitrogens is 2. The highest BCUT2D eigenvalue weighted by Crippen LogP contribution is 2.23. The Bertz CT molecular complexity index is 764. The Morgan fingerprint density at radius 3 is 2.95 bits per heavy atom. The number of nitrogens with zero attached hydrogens (tertiary/aromatic N) is 2. The Kier molecular flexibility index (Phi) is 2.87. The molecule has 2 heterocycles. The summed E-state index contributed by atoms with van der Waals surface area (Å²) in [5, 5.41) is 0.861. The molecule has 0 aliphatic rings. The second-order valence-corrected chi connectivity index (χ2v) is 4.58. The average molecular weight is 266 g/mol. The Morgan fingerprint density at radius 2 is 2.20 bits per heavy atom. The molecule has 1 amide bonds. The second kappa shape index (κ2) is 4.70. The monoisotopic (exact) mass is 266 g/mol. The van der Waals surface area contributed by atoms with Crippen molar-refractivity contribution in [3.05, 3.63) is 54.5 Å². The molecule has 0 unspecified atom stereocenters. The molecule has 0 radical (unpaired) electrons. The van der Waals surface area contributed by atoms with E-state index in [1.165, 1.54) is 0 Å². The molecule has 0 aliphatic carbocycles. The number of hydrogen-bond acceptors (Lipinski definition) is 3. The maximum atomic E-state index is 12.6. The number of anilines is 2. The van der Waals surface area contributed by atoms with Gasteiger partial charge in [-0.2, -0.15) is 0 Å². The average Bonchev–Trinajstić information content (AvgIpc) is 2.89. The van der Waals surface area contributed by atoms with Crippen LogP contribution in [-0.4, -0.2) is 22.9 Å². The van der Waals surface area contributed by atoms with Crippen molar-refractivity contribution in [1.29, 1.82) is 0 Å². The van der Waals surface area contributed by atoms with E-state index >= 15 is 0 Å². The van der Waals surface area contributed by atoms with Crippen LogP contribution in [0.2, 0.25) is 0 Å². The van der Waals surface area contributed by atoms with Crippen molar-refractivity contribution in [2.24, 2.45) is 0 Å². The van der Waals surface area contributed by atoms with Crippen molar-refractivity contribution in [1.82, 2.24) is 9.97 Å². The summed E-state index contributed by atoms with van der Waals surface area (Å²) in [6.45, 7) is 0. The van der Waals surface area contributed by atoms with Crippen LogP contribution in [-0.2, 0) is 0 Å². The molecule has 0 saturated carbocycles. The van der Waals surface area contributed by atoms with Gasteiger partial charge >= 0.3 is 0 Å². The molecular weight excluding hydrogens is 252 g/mol. The van der Waals surface area contributed by atoms with Gasteiger partial charge in [0.15, 0.2) is 0 Å². The first kappa shape index (κ1) is 12.2. The summed E-state index contributed by atoms with van der Waals surface area (Å²) in [6, 6.07) is 9.10. The van der Waals surface area contributed by atoms with Gasteiger partial charge in [-0.25, -0.2) is 0 Å². The number of nitrogens with one attached hydrogen (secondary N) is 1. The maximum Gasteiger partial charge on any atom is 0.260 e. The van der Waals surface area contributed by atoms with Gasteiger partial charge in [0, 0.05) is 36.0 Å². The fourth-order valence-corrected chi connectivity index (χ4v) is 2.17. The summed E-state index contributed by atoms with van der Waals surface area (Å²) in [4.78, 5) is 21.2. The highest BCUT2D eigenvalue weighted by Gasteiger charge is 2.17. The lowest BCUT2D eigenvalue weighted by atomic mass is 10.1. The molecule has 3 N–H and O–H groups in total. The smallest absolute Gasteiger partial charge is 0.260 e. The standard InChI is InChI=1S/C15H14N4O/c1-19(11-3-2-6-17-8-11)15(20)13-9-18-14-7-10(16)4-5-12(13)14/h2-9,18H,16H2,1H3. The largest absolute Gasteiger partial charge is 0.399 e. The van der Waals surface area contributed by atoms with Gasteiger partial charge in [0.05, 0.1) is 17.4 Å². The van der Waals surface area contributed by atoms with Gasteiger partial charge in [0.1, 0.15) is 0 Å². The summed E-state index contributed by atoms with van der Waals surface area (Å²) < 4.78 is 0. The summed E-state index contributed by atoms with van der Waals surface area (Å²) in [5.74, 6) is -0.0889. The fourth-order valence-electron chi connectivity index (χ4n) is 2.17. The number of carbonyl (C=O) groups is 1. The van der Waals surface area contributed by atoms with E-state index in [-0.39, 0.29) is 5.91 Å². The lowest BCUT2D eigenvalue weighted by Gasteiger charge is -2.16. The minimum Gasteiger partial charge on any atom is -0.399 e. The van der Waals surface area contributed by atoms with Crippen LogP contribution in [0.25, 0.3) is 10.9 Å². The van der Waals surface area contributed by atoms with E-state index in [4.69, 9.17) is 5.73 Å². The zero-order valence-electron chi connectivity index (χ0n) is 11.0. The normalized spacial score (nSPS) is 10.7. The third-order valence-electron chi connectivity index (χ3n) is 3.27. The van der Waals surface area contributed by atoms with E-state index in [0.717, 1.165) is 16.6 Å². The van der Waals surface area contributed by atoms with Crippen LogP contribution in [0.3, 0.4) is 0 Å². The number of pyridine rings is 1. The lowest BCUT2D eigenvalue weighted by molar-refractivity contribution is 0.0994. The predicted molar refractivity (Wildman–Crippen MR) is 79.7 cm³/mol. The molecule has 0 fully saturated rings. The number of H-pyrrole nitrogens is 1. The first-order valence-corrected chi connectivity index (χ1v) is 6.21. The Balaban J connectivity index is 2.01. The van der Waals surface area contributed by atoms with E-state index in [1.54, 1.807) is 42.7 Å². The molecule has 2 aromatic heterocycles. The molecular formula is C15H14N4O. The van der Waals surface area contributed by atoms with Crippen molar-refractivity contribution < 1.29 is 4.79 Å². The van der Waals surface area contributed by atoms with Gasteiger partial charge in [0.25, 0.3) is 5.91 Å². The van der Waals surface area contributed by atoms with Crippen LogP contribution in [0.1, 0.15) is 10.4 Å². The molecule has 0 atom stereocenters. The predicted octanol–water partition coefficient (Wildman–Crippen LogP) is 2.42. The number of nitrogens with two attached hydrogens (primary N) is 1. The zero-order valence-corrected chi connectivity index (χ0v) is 11.0. The van der Waals surface area contributed by atoms with Crippen LogP contribution >= 0.6 is 0 Å². The summed E-state index contributed by atoms with van der Waals surface area (Å²) in [5.41, 5.74) is 8.63. The van der Waals surface area contributed by atoms with Gasteiger partial charge in [-0.05, 0) is 30.3 Å². The Morgan fingerprint density at radius 1 is 1.35 bits per heavy atom. The zero-order chi connectivity index (χ0) is 14.1. The Labute approximate surface area is 116 Å². The van der Waals surface area contributed by atoms with Crippen molar-refractivity contribution in [3.8, 4) is 0 Å². The van der Waals surface area contributed by atoms with Crippen molar-refractivity contribution in [3.63, 3.8) is 0 Å². The molecule has 5 nitrogen and oxygen atoms in total. The minimum atomic E-state index is -0.0889. The molecule has 1 aromatic carbocycles. The van der Waals surface area contributed by atoms with Crippen LogP contribution in [0.5, 0.6) is 0 Å². The maximum absolute atomic E-state index is 12.6. The van der Waals surface area contributed by atoms with E-state index in [9.17, 15) is 4.79 Å². The van der Waals surface area contributed by atoms with Crippen molar-refractivity contribution in [2.45, 2.75) is 0 Å². The molecule has 0 aliphatic heterocycles. The molecule has 5 heteroatoms. The van der Waals surface area contributed by atoms with E-state index in [1.807, 2.05) is 18.2 Å². The molecule has 20 heavy (non-hydrogen) atoms. The molecule has 100 valence electrons. The van der Waals surface area contributed by atoms with E-state index in [2.05, 4.69) is 9.97 Å². The molecule has 3 rings (SSSR count). The van der Waals surface area contributed by atoms with E-state index < -0.39 is 0 Å². The number of benzene rings is 1. The topological polar surface area (TPSA) is 75.0 Å². The van der Waals surface area contributed by atoms with Crippen molar-refractivity contribution >= 4 is 28.2 Å². The molecule has 0 saturated heterocycles. The van der Waals surface area contributed by atoms with Crippen molar-refractivity contribution in [2.75, 3.05) is 17.7 Å². The number of hydrogen-bond donors (Lipinski definition) is 2. The summed E-state index contributed by atoms with van der Waals surface area (Å²) in [6.07, 6.45) is 5.04. The fraction of sp³-hybridized carbons (Fsp3) is 0.0667.